The fourth-order valence-electron chi connectivity index (χ4n) is 1.78. The van der Waals surface area contributed by atoms with Crippen molar-refractivity contribution in [1.82, 2.24) is 0 Å². The fourth-order valence-corrected chi connectivity index (χ4v) is 1.96. The molecule has 0 bridgehead atoms. The van der Waals surface area contributed by atoms with Gasteiger partial charge in [-0.25, -0.2) is 0 Å². The van der Waals surface area contributed by atoms with Crippen molar-refractivity contribution in [1.29, 1.82) is 0 Å². The number of carbonyl (C=O) groups excluding carboxylic acids is 1. The Morgan fingerprint density at radius 2 is 1.71 bits per heavy atom. The first-order valence-corrected chi connectivity index (χ1v) is 5.82. The van der Waals surface area contributed by atoms with Gasteiger partial charge in [0, 0.05) is 10.6 Å². The Labute approximate surface area is 106 Å². The van der Waals surface area contributed by atoms with Crippen LogP contribution in [0.4, 0.5) is 0 Å². The molecule has 2 rings (SSSR count). The van der Waals surface area contributed by atoms with Crippen LogP contribution in [0.3, 0.4) is 0 Å². The van der Waals surface area contributed by atoms with Crippen molar-refractivity contribution in [3.8, 4) is 11.1 Å². The van der Waals surface area contributed by atoms with Gasteiger partial charge in [0.2, 0.25) is 0 Å². The molecule has 0 unspecified atom stereocenters. The van der Waals surface area contributed by atoms with Crippen LogP contribution in [0, 0.1) is 13.8 Å². The summed E-state index contributed by atoms with van der Waals surface area (Å²) in [6.45, 7) is 4.00. The SMILES string of the molecule is Cc1ccc(-c2cc(C=O)ccc2C)cc1Cl. The summed E-state index contributed by atoms with van der Waals surface area (Å²) in [5.41, 5.74) is 4.97. The van der Waals surface area contributed by atoms with Gasteiger partial charge in [-0.2, -0.15) is 0 Å². The van der Waals surface area contributed by atoms with E-state index in [0.717, 1.165) is 33.6 Å². The number of carbonyl (C=O) groups is 1. The minimum atomic E-state index is 0.683. The van der Waals surface area contributed by atoms with E-state index in [0.29, 0.717) is 5.56 Å². The lowest BCUT2D eigenvalue weighted by atomic mass is 9.98. The summed E-state index contributed by atoms with van der Waals surface area (Å²) in [5, 5.41) is 0.749. The molecule has 1 nitrogen and oxygen atoms in total. The lowest BCUT2D eigenvalue weighted by Crippen LogP contribution is -1.88. The van der Waals surface area contributed by atoms with Crippen molar-refractivity contribution in [2.45, 2.75) is 13.8 Å². The van der Waals surface area contributed by atoms with Gasteiger partial charge in [-0.05, 0) is 48.2 Å². The highest BCUT2D eigenvalue weighted by molar-refractivity contribution is 6.31. The van der Waals surface area contributed by atoms with Crippen LogP contribution >= 0.6 is 11.6 Å². The molecule has 0 radical (unpaired) electrons. The molecule has 0 N–H and O–H groups in total. The summed E-state index contributed by atoms with van der Waals surface area (Å²) in [4.78, 5) is 10.8. The molecule has 2 heteroatoms. The molecule has 0 saturated carbocycles. The number of hydrogen-bond donors (Lipinski definition) is 0. The van der Waals surface area contributed by atoms with Gasteiger partial charge in [-0.1, -0.05) is 35.9 Å². The van der Waals surface area contributed by atoms with Gasteiger partial charge in [0.05, 0.1) is 0 Å². The smallest absolute Gasteiger partial charge is 0.150 e. The van der Waals surface area contributed by atoms with Gasteiger partial charge >= 0.3 is 0 Å². The van der Waals surface area contributed by atoms with E-state index in [2.05, 4.69) is 0 Å². The van der Waals surface area contributed by atoms with Gasteiger partial charge in [-0.3, -0.25) is 4.79 Å². The second-order valence-electron chi connectivity index (χ2n) is 4.16. The van der Waals surface area contributed by atoms with Crippen LogP contribution in [0.15, 0.2) is 36.4 Å². The molecule has 0 heterocycles. The molecule has 2 aromatic rings. The molecule has 0 aliphatic heterocycles. The van der Waals surface area contributed by atoms with Gasteiger partial charge in [0.15, 0.2) is 0 Å². The highest BCUT2D eigenvalue weighted by atomic mass is 35.5. The normalized spacial score (nSPS) is 10.3. The summed E-state index contributed by atoms with van der Waals surface area (Å²) in [7, 11) is 0. The van der Waals surface area contributed by atoms with Crippen LogP contribution in [0.2, 0.25) is 5.02 Å². The number of aryl methyl sites for hydroxylation is 2. The van der Waals surface area contributed by atoms with E-state index >= 15 is 0 Å². The third kappa shape index (κ3) is 2.40. The van der Waals surface area contributed by atoms with Crippen molar-refractivity contribution in [2.75, 3.05) is 0 Å². The average Bonchev–Trinajstić information content (AvgIpc) is 2.33. The number of rotatable bonds is 2. The molecule has 2 aromatic carbocycles. The number of halogens is 1. The average molecular weight is 245 g/mol. The Morgan fingerprint density at radius 3 is 2.35 bits per heavy atom. The summed E-state index contributed by atoms with van der Waals surface area (Å²) < 4.78 is 0. The minimum absolute atomic E-state index is 0.683. The molecule has 0 amide bonds. The van der Waals surface area contributed by atoms with E-state index in [9.17, 15) is 4.79 Å². The molecule has 17 heavy (non-hydrogen) atoms. The third-order valence-electron chi connectivity index (χ3n) is 2.88. The number of benzene rings is 2. The topological polar surface area (TPSA) is 17.1 Å². The molecule has 0 fully saturated rings. The Bertz CT molecular complexity index is 573. The second kappa shape index (κ2) is 4.72. The minimum Gasteiger partial charge on any atom is -0.298 e. The maximum atomic E-state index is 10.8. The molecule has 0 saturated heterocycles. The predicted octanol–water partition coefficient (Wildman–Crippen LogP) is 4.44. The zero-order chi connectivity index (χ0) is 12.4. The molecule has 0 aromatic heterocycles. The van der Waals surface area contributed by atoms with E-state index in [1.54, 1.807) is 0 Å². The quantitative estimate of drug-likeness (QED) is 0.714. The fraction of sp³-hybridized carbons (Fsp3) is 0.133. The molecule has 0 spiro atoms. The monoisotopic (exact) mass is 244 g/mol. The first-order valence-electron chi connectivity index (χ1n) is 5.44. The Balaban J connectivity index is 2.58. The highest BCUT2D eigenvalue weighted by Gasteiger charge is 2.05. The van der Waals surface area contributed by atoms with Crippen LogP contribution in [0.1, 0.15) is 21.5 Å². The Morgan fingerprint density at radius 1 is 1.00 bits per heavy atom. The van der Waals surface area contributed by atoms with Gasteiger partial charge in [-0.15, -0.1) is 0 Å². The molecular weight excluding hydrogens is 232 g/mol. The zero-order valence-electron chi connectivity index (χ0n) is 9.83. The summed E-state index contributed by atoms with van der Waals surface area (Å²) >= 11 is 6.12. The molecule has 0 atom stereocenters. The van der Waals surface area contributed by atoms with Crippen LogP contribution in [-0.4, -0.2) is 6.29 Å². The van der Waals surface area contributed by atoms with Crippen molar-refractivity contribution in [2.24, 2.45) is 0 Å². The van der Waals surface area contributed by atoms with E-state index in [1.807, 2.05) is 50.2 Å². The Hall–Kier alpha value is -1.60. The number of hydrogen-bond acceptors (Lipinski definition) is 1. The van der Waals surface area contributed by atoms with Gasteiger partial charge < -0.3 is 0 Å². The standard InChI is InChI=1S/C15H13ClO/c1-10-3-5-12(9-17)7-14(10)13-6-4-11(2)15(16)8-13/h3-9H,1-2H3. The molecule has 0 aliphatic rings. The molecular formula is C15H13ClO. The number of aldehydes is 1. The van der Waals surface area contributed by atoms with E-state index in [4.69, 9.17) is 11.6 Å². The highest BCUT2D eigenvalue weighted by Crippen LogP contribution is 2.28. The first-order chi connectivity index (χ1) is 8.11. The summed E-state index contributed by atoms with van der Waals surface area (Å²) in [5.74, 6) is 0. The van der Waals surface area contributed by atoms with Crippen LogP contribution in [-0.2, 0) is 0 Å². The van der Waals surface area contributed by atoms with Crippen LogP contribution in [0.25, 0.3) is 11.1 Å². The zero-order valence-corrected chi connectivity index (χ0v) is 10.6. The van der Waals surface area contributed by atoms with Crippen molar-refractivity contribution >= 4 is 17.9 Å². The summed E-state index contributed by atoms with van der Waals surface area (Å²) in [6, 6.07) is 11.6. The van der Waals surface area contributed by atoms with Crippen molar-refractivity contribution < 1.29 is 4.79 Å². The van der Waals surface area contributed by atoms with Gasteiger partial charge in [0.25, 0.3) is 0 Å². The van der Waals surface area contributed by atoms with Crippen LogP contribution in [0.5, 0.6) is 0 Å². The maximum Gasteiger partial charge on any atom is 0.150 e. The van der Waals surface area contributed by atoms with Crippen molar-refractivity contribution in [3.63, 3.8) is 0 Å². The Kier molecular flexibility index (Phi) is 3.30. The molecule has 0 aliphatic carbocycles. The predicted molar refractivity (Wildman–Crippen MR) is 71.7 cm³/mol. The van der Waals surface area contributed by atoms with E-state index < -0.39 is 0 Å². The maximum absolute atomic E-state index is 10.8. The second-order valence-corrected chi connectivity index (χ2v) is 4.56. The largest absolute Gasteiger partial charge is 0.298 e. The van der Waals surface area contributed by atoms with E-state index in [-0.39, 0.29) is 0 Å². The lowest BCUT2D eigenvalue weighted by Gasteiger charge is -2.08. The third-order valence-corrected chi connectivity index (χ3v) is 3.29. The molecule has 86 valence electrons. The first kappa shape index (κ1) is 11.9. The van der Waals surface area contributed by atoms with Crippen molar-refractivity contribution in [3.05, 3.63) is 58.1 Å². The van der Waals surface area contributed by atoms with E-state index in [1.165, 1.54) is 0 Å². The van der Waals surface area contributed by atoms with Gasteiger partial charge in [0.1, 0.15) is 6.29 Å². The summed E-state index contributed by atoms with van der Waals surface area (Å²) in [6.07, 6.45) is 0.860. The lowest BCUT2D eigenvalue weighted by molar-refractivity contribution is 0.112. The van der Waals surface area contributed by atoms with Crippen LogP contribution < -0.4 is 0 Å².